The van der Waals surface area contributed by atoms with Crippen LogP contribution in [0.5, 0.6) is 0 Å². The molecule has 0 saturated heterocycles. The highest BCUT2D eigenvalue weighted by Gasteiger charge is 2.14. The number of rotatable bonds is 5. The van der Waals surface area contributed by atoms with Crippen LogP contribution >= 0.6 is 23.1 Å². The number of nitrogen functional groups attached to an aromatic ring is 1. The fourth-order valence-electron chi connectivity index (χ4n) is 1.72. The van der Waals surface area contributed by atoms with E-state index in [-0.39, 0.29) is 11.5 Å². The van der Waals surface area contributed by atoms with E-state index in [9.17, 15) is 4.79 Å². The predicted octanol–water partition coefficient (Wildman–Crippen LogP) is 2.45. The average Bonchev–Trinajstić information content (AvgIpc) is 3.02. The van der Waals surface area contributed by atoms with Gasteiger partial charge in [-0.05, 0) is 5.56 Å². The van der Waals surface area contributed by atoms with E-state index < -0.39 is 5.91 Å². The molecule has 3 aromatic rings. The van der Waals surface area contributed by atoms with Crippen molar-refractivity contribution in [2.24, 2.45) is 0 Å². The van der Waals surface area contributed by atoms with Crippen LogP contribution in [0.4, 0.5) is 10.9 Å². The van der Waals surface area contributed by atoms with Gasteiger partial charge in [0.05, 0.1) is 0 Å². The van der Waals surface area contributed by atoms with Gasteiger partial charge in [-0.15, -0.1) is 10.2 Å². The SMILES string of the molecule is Nc1nccnc1C(=O)Nc1nnc(SCc2ccccc2)s1. The molecule has 0 aliphatic carbocycles. The lowest BCUT2D eigenvalue weighted by molar-refractivity contribution is 0.102. The molecule has 0 aliphatic heterocycles. The van der Waals surface area contributed by atoms with Gasteiger partial charge in [-0.2, -0.15) is 0 Å². The van der Waals surface area contributed by atoms with Gasteiger partial charge >= 0.3 is 0 Å². The maximum absolute atomic E-state index is 12.1. The van der Waals surface area contributed by atoms with Crippen LogP contribution in [-0.4, -0.2) is 26.1 Å². The molecule has 0 fully saturated rings. The van der Waals surface area contributed by atoms with Crippen molar-refractivity contribution < 1.29 is 4.79 Å². The third-order valence-corrected chi connectivity index (χ3v) is 4.82. The number of benzene rings is 1. The van der Waals surface area contributed by atoms with E-state index >= 15 is 0 Å². The number of anilines is 2. The van der Waals surface area contributed by atoms with E-state index in [1.807, 2.05) is 30.3 Å². The fraction of sp³-hybridized carbons (Fsp3) is 0.0714. The smallest absolute Gasteiger partial charge is 0.279 e. The number of nitrogens with two attached hydrogens (primary N) is 1. The first-order valence-electron chi connectivity index (χ1n) is 6.60. The van der Waals surface area contributed by atoms with E-state index in [1.165, 1.54) is 29.3 Å². The van der Waals surface area contributed by atoms with Crippen molar-refractivity contribution >= 4 is 40.0 Å². The third kappa shape index (κ3) is 4.02. The number of thioether (sulfide) groups is 1. The Morgan fingerprint density at radius 1 is 1.17 bits per heavy atom. The highest BCUT2D eigenvalue weighted by atomic mass is 32.2. The topological polar surface area (TPSA) is 107 Å². The quantitative estimate of drug-likeness (QED) is 0.541. The number of amides is 1. The standard InChI is InChI=1S/C14H12N6OS2/c15-11-10(16-6-7-17-11)12(21)18-13-19-20-14(23-13)22-8-9-4-2-1-3-5-9/h1-7H,8H2,(H2,15,17)(H,18,19,21). The maximum atomic E-state index is 12.1. The van der Waals surface area contributed by atoms with E-state index in [0.29, 0.717) is 5.13 Å². The number of hydrogen-bond acceptors (Lipinski definition) is 8. The highest BCUT2D eigenvalue weighted by Crippen LogP contribution is 2.28. The van der Waals surface area contributed by atoms with Crippen molar-refractivity contribution in [1.29, 1.82) is 0 Å². The normalized spacial score (nSPS) is 10.4. The minimum Gasteiger partial charge on any atom is -0.382 e. The molecule has 116 valence electrons. The lowest BCUT2D eigenvalue weighted by Gasteiger charge is -2.01. The van der Waals surface area contributed by atoms with E-state index in [0.717, 1.165) is 10.1 Å². The summed E-state index contributed by atoms with van der Waals surface area (Å²) >= 11 is 2.86. The zero-order valence-corrected chi connectivity index (χ0v) is 13.5. The zero-order valence-electron chi connectivity index (χ0n) is 11.8. The molecular formula is C14H12N6OS2. The summed E-state index contributed by atoms with van der Waals surface area (Å²) in [6, 6.07) is 10.1. The summed E-state index contributed by atoms with van der Waals surface area (Å²) in [5.41, 5.74) is 6.89. The van der Waals surface area contributed by atoms with Gasteiger partial charge < -0.3 is 5.73 Å². The number of aromatic nitrogens is 4. The van der Waals surface area contributed by atoms with Gasteiger partial charge in [-0.1, -0.05) is 53.4 Å². The molecule has 3 rings (SSSR count). The second-order valence-electron chi connectivity index (χ2n) is 4.39. The second-order valence-corrected chi connectivity index (χ2v) is 6.59. The van der Waals surface area contributed by atoms with Gasteiger partial charge in [0.15, 0.2) is 15.9 Å². The lowest BCUT2D eigenvalue weighted by Crippen LogP contribution is -2.16. The molecule has 2 heterocycles. The molecular weight excluding hydrogens is 332 g/mol. The monoisotopic (exact) mass is 344 g/mol. The van der Waals surface area contributed by atoms with Crippen LogP contribution in [0.25, 0.3) is 0 Å². The van der Waals surface area contributed by atoms with Gasteiger partial charge in [0.1, 0.15) is 0 Å². The Labute approximate surface area is 140 Å². The maximum Gasteiger partial charge on any atom is 0.279 e. The molecule has 1 aromatic carbocycles. The largest absolute Gasteiger partial charge is 0.382 e. The Bertz CT molecular complexity index is 808. The molecule has 0 bridgehead atoms. The summed E-state index contributed by atoms with van der Waals surface area (Å²) in [6.45, 7) is 0. The second kappa shape index (κ2) is 7.16. The summed E-state index contributed by atoms with van der Waals surface area (Å²) < 4.78 is 0.774. The number of hydrogen-bond donors (Lipinski definition) is 2. The van der Waals surface area contributed by atoms with E-state index in [1.54, 1.807) is 11.8 Å². The molecule has 0 aliphatic rings. The first kappa shape index (κ1) is 15.4. The van der Waals surface area contributed by atoms with Gasteiger partial charge in [0.2, 0.25) is 5.13 Å². The Morgan fingerprint density at radius 2 is 1.96 bits per heavy atom. The van der Waals surface area contributed by atoms with Crippen LogP contribution in [0, 0.1) is 0 Å². The van der Waals surface area contributed by atoms with Crippen LogP contribution in [0.1, 0.15) is 16.1 Å². The molecule has 7 nitrogen and oxygen atoms in total. The van der Waals surface area contributed by atoms with Crippen molar-refractivity contribution in [2.75, 3.05) is 11.1 Å². The average molecular weight is 344 g/mol. The van der Waals surface area contributed by atoms with E-state index in [2.05, 4.69) is 25.5 Å². The Hall–Kier alpha value is -2.52. The molecule has 23 heavy (non-hydrogen) atoms. The van der Waals surface area contributed by atoms with Crippen molar-refractivity contribution in [1.82, 2.24) is 20.2 Å². The zero-order chi connectivity index (χ0) is 16.1. The van der Waals surface area contributed by atoms with Crippen LogP contribution in [0.3, 0.4) is 0 Å². The third-order valence-electron chi connectivity index (χ3n) is 2.77. The number of nitrogens with zero attached hydrogens (tertiary/aromatic N) is 4. The van der Waals surface area contributed by atoms with Crippen LogP contribution in [0.15, 0.2) is 47.1 Å². The molecule has 2 aromatic heterocycles. The van der Waals surface area contributed by atoms with Crippen molar-refractivity contribution in [2.45, 2.75) is 10.1 Å². The number of nitrogens with one attached hydrogen (secondary N) is 1. The van der Waals surface area contributed by atoms with Crippen molar-refractivity contribution in [3.63, 3.8) is 0 Å². The summed E-state index contributed by atoms with van der Waals surface area (Å²) in [4.78, 5) is 19.8. The Balaban J connectivity index is 1.61. The van der Waals surface area contributed by atoms with Crippen LogP contribution in [0.2, 0.25) is 0 Å². The molecule has 3 N–H and O–H groups in total. The molecule has 0 atom stereocenters. The Kier molecular flexibility index (Phi) is 4.79. The lowest BCUT2D eigenvalue weighted by atomic mass is 10.2. The first-order valence-corrected chi connectivity index (χ1v) is 8.40. The van der Waals surface area contributed by atoms with Gasteiger partial charge in [-0.25, -0.2) is 9.97 Å². The minimum atomic E-state index is -0.452. The molecule has 0 unspecified atom stereocenters. The number of carbonyl (C=O) groups excluding carboxylic acids is 1. The molecule has 0 spiro atoms. The first-order chi connectivity index (χ1) is 11.2. The summed E-state index contributed by atoms with van der Waals surface area (Å²) in [5.74, 6) is 0.417. The van der Waals surface area contributed by atoms with Crippen molar-refractivity contribution in [3.8, 4) is 0 Å². The van der Waals surface area contributed by atoms with Gasteiger partial charge in [0.25, 0.3) is 5.91 Å². The predicted molar refractivity (Wildman–Crippen MR) is 90.3 cm³/mol. The van der Waals surface area contributed by atoms with Crippen LogP contribution in [-0.2, 0) is 5.75 Å². The summed E-state index contributed by atoms with van der Waals surface area (Å²) in [5, 5.41) is 11.0. The molecule has 0 saturated carbocycles. The molecule has 1 amide bonds. The van der Waals surface area contributed by atoms with Crippen LogP contribution < -0.4 is 11.1 Å². The summed E-state index contributed by atoms with van der Waals surface area (Å²) in [6.07, 6.45) is 2.84. The van der Waals surface area contributed by atoms with E-state index in [4.69, 9.17) is 5.73 Å². The highest BCUT2D eigenvalue weighted by molar-refractivity contribution is 8.00. The fourth-order valence-corrected chi connectivity index (χ4v) is 3.42. The molecule has 9 heteroatoms. The Morgan fingerprint density at radius 3 is 2.74 bits per heavy atom. The minimum absolute atomic E-state index is 0.0705. The van der Waals surface area contributed by atoms with Gasteiger partial charge in [-0.3, -0.25) is 10.1 Å². The van der Waals surface area contributed by atoms with Crippen molar-refractivity contribution in [3.05, 3.63) is 54.0 Å². The summed E-state index contributed by atoms with van der Waals surface area (Å²) in [7, 11) is 0. The molecule has 0 radical (unpaired) electrons. The number of carbonyl (C=O) groups is 1. The van der Waals surface area contributed by atoms with Gasteiger partial charge in [0, 0.05) is 18.1 Å².